The molecule has 3 aromatic heterocycles. The Morgan fingerprint density at radius 2 is 2.00 bits per heavy atom. The number of furan rings is 1. The Kier molecular flexibility index (Phi) is 7.24. The van der Waals surface area contributed by atoms with Crippen LogP contribution in [0, 0.1) is 13.8 Å². The predicted octanol–water partition coefficient (Wildman–Crippen LogP) is 5.93. The SMILES string of the molecule is Cc1ccc(-n2nc(C(C)(C)C)c3c2N(CC(=O)NCc2ccco2)C(=O)CSC3c2cccs2)c(C)c1. The van der Waals surface area contributed by atoms with Gasteiger partial charge in [-0.25, -0.2) is 4.68 Å². The first-order chi connectivity index (χ1) is 18.1. The lowest BCUT2D eigenvalue weighted by molar-refractivity contribution is -0.123. The normalized spacial score (nSPS) is 15.9. The first kappa shape index (κ1) is 26.3. The summed E-state index contributed by atoms with van der Waals surface area (Å²) in [6, 6.07) is 14.0. The summed E-state index contributed by atoms with van der Waals surface area (Å²) in [6.45, 7) is 10.7. The van der Waals surface area contributed by atoms with Crippen molar-refractivity contribution in [1.29, 1.82) is 0 Å². The molecular formula is C29H32N4O3S2. The molecule has 0 fully saturated rings. The molecule has 9 heteroatoms. The highest BCUT2D eigenvalue weighted by Crippen LogP contribution is 2.49. The van der Waals surface area contributed by atoms with E-state index >= 15 is 0 Å². The number of hydrogen-bond donors (Lipinski definition) is 1. The van der Waals surface area contributed by atoms with Crippen LogP contribution in [0.1, 0.15) is 59.0 Å². The summed E-state index contributed by atoms with van der Waals surface area (Å²) in [5, 5.41) is 10.1. The van der Waals surface area contributed by atoms with Crippen LogP contribution in [0.25, 0.3) is 5.69 Å². The van der Waals surface area contributed by atoms with Gasteiger partial charge in [-0.15, -0.1) is 23.1 Å². The molecule has 4 aromatic rings. The lowest BCUT2D eigenvalue weighted by Crippen LogP contribution is -2.42. The van der Waals surface area contributed by atoms with Gasteiger partial charge in [-0.2, -0.15) is 5.10 Å². The highest BCUT2D eigenvalue weighted by Gasteiger charge is 2.40. The van der Waals surface area contributed by atoms with Gasteiger partial charge in [0.15, 0.2) is 0 Å². The molecule has 38 heavy (non-hydrogen) atoms. The Bertz CT molecular complexity index is 1450. The molecule has 1 unspecified atom stereocenters. The molecule has 0 radical (unpaired) electrons. The molecule has 0 bridgehead atoms. The third-order valence-electron chi connectivity index (χ3n) is 6.52. The summed E-state index contributed by atoms with van der Waals surface area (Å²) in [5.41, 5.74) is 4.73. The molecule has 198 valence electrons. The minimum atomic E-state index is -0.287. The molecule has 1 atom stereocenters. The second-order valence-corrected chi connectivity index (χ2v) is 12.7. The van der Waals surface area contributed by atoms with Crippen LogP contribution in [0.2, 0.25) is 0 Å². The number of thiophene rings is 1. The Labute approximate surface area is 231 Å². The summed E-state index contributed by atoms with van der Waals surface area (Å²) in [5.74, 6) is 1.22. The van der Waals surface area contributed by atoms with Gasteiger partial charge in [0.2, 0.25) is 11.8 Å². The van der Waals surface area contributed by atoms with E-state index in [2.05, 4.69) is 63.5 Å². The lowest BCUT2D eigenvalue weighted by atomic mass is 9.88. The van der Waals surface area contributed by atoms with Crippen molar-refractivity contribution in [2.75, 3.05) is 17.2 Å². The number of nitrogens with zero attached hydrogens (tertiary/aromatic N) is 3. The Morgan fingerprint density at radius 1 is 1.18 bits per heavy atom. The number of thioether (sulfide) groups is 1. The van der Waals surface area contributed by atoms with E-state index < -0.39 is 0 Å². The number of anilines is 1. The summed E-state index contributed by atoms with van der Waals surface area (Å²) < 4.78 is 7.24. The molecule has 1 aromatic carbocycles. The number of hydrogen-bond acceptors (Lipinski definition) is 6. The van der Waals surface area contributed by atoms with Crippen molar-refractivity contribution >= 4 is 40.7 Å². The molecule has 0 saturated heterocycles. The molecule has 2 amide bonds. The van der Waals surface area contributed by atoms with Gasteiger partial charge in [0, 0.05) is 15.9 Å². The zero-order valence-corrected chi connectivity index (χ0v) is 23.9. The topological polar surface area (TPSA) is 80.4 Å². The monoisotopic (exact) mass is 548 g/mol. The number of fused-ring (bicyclic) bond motifs is 1. The molecule has 7 nitrogen and oxygen atoms in total. The fraction of sp³-hybridized carbons (Fsp3) is 0.345. The van der Waals surface area contributed by atoms with Crippen LogP contribution >= 0.6 is 23.1 Å². The van der Waals surface area contributed by atoms with Gasteiger partial charge >= 0.3 is 0 Å². The number of benzene rings is 1. The van der Waals surface area contributed by atoms with E-state index in [1.54, 1.807) is 40.3 Å². The molecule has 1 aliphatic heterocycles. The molecule has 5 rings (SSSR count). The second kappa shape index (κ2) is 10.5. The van der Waals surface area contributed by atoms with Gasteiger partial charge in [-0.3, -0.25) is 14.5 Å². The molecule has 0 aliphatic carbocycles. The number of aromatic nitrogens is 2. The van der Waals surface area contributed by atoms with E-state index in [1.165, 1.54) is 4.88 Å². The smallest absolute Gasteiger partial charge is 0.240 e. The minimum Gasteiger partial charge on any atom is -0.467 e. The average molecular weight is 549 g/mol. The highest BCUT2D eigenvalue weighted by molar-refractivity contribution is 8.00. The maximum absolute atomic E-state index is 13.7. The highest BCUT2D eigenvalue weighted by atomic mass is 32.2. The number of carbonyl (C=O) groups excluding carboxylic acids is 2. The van der Waals surface area contributed by atoms with Crippen molar-refractivity contribution in [2.45, 2.75) is 51.8 Å². The van der Waals surface area contributed by atoms with Gasteiger partial charge in [0.1, 0.15) is 18.1 Å². The standard InChI is InChI=1S/C29H32N4O3S2/c1-18-10-11-21(19(2)14-18)33-28-25(27(31-33)29(3,4)5)26(22-9-7-13-37-22)38-17-24(35)32(28)16-23(34)30-15-20-8-6-12-36-20/h6-14,26H,15-17H2,1-5H3,(H,30,34). The lowest BCUT2D eigenvalue weighted by Gasteiger charge is -2.24. The van der Waals surface area contributed by atoms with Gasteiger partial charge < -0.3 is 9.73 Å². The molecule has 1 aliphatic rings. The van der Waals surface area contributed by atoms with Crippen LogP contribution < -0.4 is 10.2 Å². The van der Waals surface area contributed by atoms with E-state index in [-0.39, 0.29) is 41.3 Å². The molecule has 1 N–H and O–H groups in total. The van der Waals surface area contributed by atoms with E-state index in [0.29, 0.717) is 11.6 Å². The third-order valence-corrected chi connectivity index (χ3v) is 8.85. The molecule has 0 saturated carbocycles. The number of aryl methyl sites for hydroxylation is 2. The van der Waals surface area contributed by atoms with Crippen molar-refractivity contribution in [2.24, 2.45) is 0 Å². The summed E-state index contributed by atoms with van der Waals surface area (Å²) >= 11 is 3.28. The third kappa shape index (κ3) is 5.17. The predicted molar refractivity (Wildman–Crippen MR) is 153 cm³/mol. The van der Waals surface area contributed by atoms with Crippen molar-refractivity contribution in [3.63, 3.8) is 0 Å². The van der Waals surface area contributed by atoms with Gasteiger partial charge in [-0.1, -0.05) is 44.5 Å². The summed E-state index contributed by atoms with van der Waals surface area (Å²) in [4.78, 5) is 29.7. The maximum Gasteiger partial charge on any atom is 0.240 e. The van der Waals surface area contributed by atoms with Crippen LogP contribution in [-0.4, -0.2) is 33.9 Å². The number of amides is 2. The van der Waals surface area contributed by atoms with Gasteiger partial charge in [0.25, 0.3) is 0 Å². The zero-order chi connectivity index (χ0) is 27.0. The van der Waals surface area contributed by atoms with Gasteiger partial charge in [0.05, 0.1) is 35.2 Å². The molecule has 0 spiro atoms. The largest absolute Gasteiger partial charge is 0.467 e. The van der Waals surface area contributed by atoms with Gasteiger partial charge in [-0.05, 0) is 49.1 Å². The molecular weight excluding hydrogens is 516 g/mol. The number of rotatable bonds is 6. The first-order valence-electron chi connectivity index (χ1n) is 12.6. The first-order valence-corrected chi connectivity index (χ1v) is 14.5. The van der Waals surface area contributed by atoms with E-state index in [9.17, 15) is 9.59 Å². The Hall–Kier alpha value is -3.30. The van der Waals surface area contributed by atoms with Crippen molar-refractivity contribution in [3.05, 3.63) is 87.1 Å². The van der Waals surface area contributed by atoms with Crippen LogP contribution in [0.3, 0.4) is 0 Å². The average Bonchev–Trinajstić information content (AvgIpc) is 3.61. The van der Waals surface area contributed by atoms with Crippen LogP contribution in [0.4, 0.5) is 5.82 Å². The second-order valence-electron chi connectivity index (χ2n) is 10.6. The minimum absolute atomic E-state index is 0.0705. The fourth-order valence-corrected chi connectivity index (χ4v) is 6.92. The maximum atomic E-state index is 13.7. The van der Waals surface area contributed by atoms with E-state index in [4.69, 9.17) is 9.52 Å². The fourth-order valence-electron chi connectivity index (χ4n) is 4.75. The number of carbonyl (C=O) groups is 2. The Balaban J connectivity index is 1.67. The van der Waals surface area contributed by atoms with Crippen LogP contribution in [0.15, 0.2) is 58.5 Å². The molecule has 4 heterocycles. The van der Waals surface area contributed by atoms with Crippen molar-refractivity contribution < 1.29 is 14.0 Å². The van der Waals surface area contributed by atoms with Crippen molar-refractivity contribution in [1.82, 2.24) is 15.1 Å². The zero-order valence-electron chi connectivity index (χ0n) is 22.3. The van der Waals surface area contributed by atoms with E-state index in [1.807, 2.05) is 22.9 Å². The summed E-state index contributed by atoms with van der Waals surface area (Å²) in [6.07, 6.45) is 1.57. The van der Waals surface area contributed by atoms with Crippen LogP contribution in [-0.2, 0) is 21.5 Å². The van der Waals surface area contributed by atoms with Crippen molar-refractivity contribution in [3.8, 4) is 5.69 Å². The Morgan fingerprint density at radius 3 is 2.66 bits per heavy atom. The quantitative estimate of drug-likeness (QED) is 0.323. The number of nitrogens with one attached hydrogen (secondary N) is 1. The van der Waals surface area contributed by atoms with E-state index in [0.717, 1.165) is 28.1 Å². The van der Waals surface area contributed by atoms with Crippen LogP contribution in [0.5, 0.6) is 0 Å². The summed E-state index contributed by atoms with van der Waals surface area (Å²) in [7, 11) is 0.